The third-order valence-electron chi connectivity index (χ3n) is 5.08. The maximum absolute atomic E-state index is 13.4. The van der Waals surface area contributed by atoms with Crippen LogP contribution in [0.1, 0.15) is 0 Å². The van der Waals surface area contributed by atoms with Crippen LogP contribution in [0.15, 0.2) is 112 Å². The molecule has 0 aliphatic heterocycles. The van der Waals surface area contributed by atoms with Gasteiger partial charge in [0.05, 0.1) is 16.1 Å². The maximum Gasteiger partial charge on any atom is 0.264 e. The molecule has 5 nitrogen and oxygen atoms in total. The Hall–Kier alpha value is -3.55. The summed E-state index contributed by atoms with van der Waals surface area (Å²) in [7, 11) is -3.94. The minimum Gasteiger partial charge on any atom is -0.506 e. The van der Waals surface area contributed by atoms with Gasteiger partial charge >= 0.3 is 0 Å². The van der Waals surface area contributed by atoms with Gasteiger partial charge in [-0.1, -0.05) is 72.4 Å². The molecule has 0 amide bonds. The number of hydrogen-bond acceptors (Lipinski definition) is 5. The van der Waals surface area contributed by atoms with E-state index in [0.29, 0.717) is 26.9 Å². The summed E-state index contributed by atoms with van der Waals surface area (Å²) in [5.74, 6) is 0.115. The zero-order chi connectivity index (χ0) is 22.1. The van der Waals surface area contributed by atoms with E-state index in [9.17, 15) is 13.5 Å². The highest BCUT2D eigenvalue weighted by Crippen LogP contribution is 2.43. The highest BCUT2D eigenvalue weighted by atomic mass is 32.2. The van der Waals surface area contributed by atoms with Crippen molar-refractivity contribution in [2.24, 2.45) is 0 Å². The lowest BCUT2D eigenvalue weighted by atomic mass is 10.1. The van der Waals surface area contributed by atoms with Gasteiger partial charge in [0.1, 0.15) is 10.6 Å². The Kier molecular flexibility index (Phi) is 5.20. The van der Waals surface area contributed by atoms with Crippen LogP contribution in [-0.2, 0) is 10.0 Å². The molecule has 4 aromatic carbocycles. The molecule has 1 aromatic heterocycles. The molecule has 0 atom stereocenters. The second-order valence-corrected chi connectivity index (χ2v) is 9.93. The molecule has 32 heavy (non-hydrogen) atoms. The van der Waals surface area contributed by atoms with Crippen LogP contribution in [0.25, 0.3) is 21.7 Å². The summed E-state index contributed by atoms with van der Waals surface area (Å²) in [6.45, 7) is 0. The summed E-state index contributed by atoms with van der Waals surface area (Å²) in [6, 6.07) is 27.1. The molecule has 5 aromatic rings. The molecule has 0 aliphatic rings. The minimum atomic E-state index is -3.94. The average molecular weight is 459 g/mol. The van der Waals surface area contributed by atoms with Gasteiger partial charge in [-0.2, -0.15) is 0 Å². The van der Waals surface area contributed by atoms with E-state index < -0.39 is 10.0 Å². The van der Waals surface area contributed by atoms with Crippen molar-refractivity contribution >= 4 is 49.1 Å². The van der Waals surface area contributed by atoms with Gasteiger partial charge in [0.15, 0.2) is 0 Å². The molecule has 5 rings (SSSR count). The van der Waals surface area contributed by atoms with Crippen molar-refractivity contribution in [3.8, 4) is 5.75 Å². The topological polar surface area (TPSA) is 79.3 Å². The second kappa shape index (κ2) is 8.18. The first kappa shape index (κ1) is 20.4. The first-order chi connectivity index (χ1) is 15.5. The molecule has 7 heteroatoms. The van der Waals surface area contributed by atoms with Crippen LogP contribution in [0.2, 0.25) is 0 Å². The normalized spacial score (nSPS) is 11.6. The van der Waals surface area contributed by atoms with Crippen molar-refractivity contribution in [3.05, 3.63) is 97.2 Å². The second-order valence-electron chi connectivity index (χ2n) is 7.17. The van der Waals surface area contributed by atoms with E-state index in [4.69, 9.17) is 0 Å². The SMILES string of the molecule is O=S(=O)(Nc1cc(Sc2ccccc2)c(O)c2ccccc12)c1cccc2cccnc12. The number of pyridine rings is 1. The lowest BCUT2D eigenvalue weighted by Crippen LogP contribution is -2.14. The molecular formula is C25H18N2O3S2. The molecule has 1 heterocycles. The van der Waals surface area contributed by atoms with Crippen LogP contribution < -0.4 is 4.72 Å². The van der Waals surface area contributed by atoms with Gasteiger partial charge in [-0.3, -0.25) is 9.71 Å². The minimum absolute atomic E-state index is 0.102. The number of nitrogens with one attached hydrogen (secondary N) is 1. The predicted octanol–water partition coefficient (Wildman–Crippen LogP) is 6.05. The van der Waals surface area contributed by atoms with Gasteiger partial charge in [-0.05, 0) is 30.3 Å². The number of sulfonamides is 1. The molecule has 0 aliphatic carbocycles. The Morgan fingerprint density at radius 2 is 1.53 bits per heavy atom. The monoisotopic (exact) mass is 458 g/mol. The van der Waals surface area contributed by atoms with Crippen LogP contribution in [0.5, 0.6) is 5.75 Å². The van der Waals surface area contributed by atoms with Gasteiger partial charge in [0.25, 0.3) is 10.0 Å². The number of aromatic hydroxyl groups is 1. The highest BCUT2D eigenvalue weighted by molar-refractivity contribution is 7.99. The van der Waals surface area contributed by atoms with Gasteiger partial charge in [0, 0.05) is 27.3 Å². The van der Waals surface area contributed by atoms with E-state index in [0.717, 1.165) is 10.3 Å². The number of phenolic OH excluding ortho intramolecular Hbond substituents is 1. The number of para-hydroxylation sites is 1. The molecular weight excluding hydrogens is 440 g/mol. The predicted molar refractivity (Wildman–Crippen MR) is 129 cm³/mol. The summed E-state index contributed by atoms with van der Waals surface area (Å²) >= 11 is 1.37. The number of nitrogens with zero attached hydrogens (tertiary/aromatic N) is 1. The van der Waals surface area contributed by atoms with Crippen molar-refractivity contribution in [1.82, 2.24) is 4.98 Å². The highest BCUT2D eigenvalue weighted by Gasteiger charge is 2.21. The Labute approximate surface area is 189 Å². The lowest BCUT2D eigenvalue weighted by Gasteiger charge is -2.15. The Morgan fingerprint density at radius 1 is 0.812 bits per heavy atom. The summed E-state index contributed by atoms with van der Waals surface area (Å²) in [5.41, 5.74) is 0.800. The molecule has 0 saturated heterocycles. The molecule has 0 unspecified atom stereocenters. The summed E-state index contributed by atoms with van der Waals surface area (Å²) in [6.07, 6.45) is 1.58. The molecule has 0 bridgehead atoms. The Balaban J connectivity index is 1.64. The van der Waals surface area contributed by atoms with Gasteiger partial charge in [-0.25, -0.2) is 8.42 Å². The smallest absolute Gasteiger partial charge is 0.264 e. The number of anilines is 1. The van der Waals surface area contributed by atoms with Crippen molar-refractivity contribution in [2.75, 3.05) is 4.72 Å². The lowest BCUT2D eigenvalue weighted by molar-refractivity contribution is 0.469. The van der Waals surface area contributed by atoms with Gasteiger partial charge < -0.3 is 5.11 Å². The van der Waals surface area contributed by atoms with E-state index in [1.165, 1.54) is 11.8 Å². The molecule has 0 saturated carbocycles. The van der Waals surface area contributed by atoms with E-state index in [2.05, 4.69) is 9.71 Å². The average Bonchev–Trinajstić information content (AvgIpc) is 2.82. The first-order valence-electron chi connectivity index (χ1n) is 9.87. The Morgan fingerprint density at radius 3 is 2.34 bits per heavy atom. The summed E-state index contributed by atoms with van der Waals surface area (Å²) in [4.78, 5) is 5.87. The standard InChI is InChI=1S/C25H18N2O3S2/c28-25-20-13-5-4-12-19(20)21(16-22(25)31-18-10-2-1-3-11-18)27-32(29,30)23-14-6-8-17-9-7-15-26-24(17)23/h1-16,27-28H. The van der Waals surface area contributed by atoms with E-state index in [1.54, 1.807) is 42.6 Å². The number of aromatic nitrogens is 1. The van der Waals surface area contributed by atoms with Gasteiger partial charge in [-0.15, -0.1) is 0 Å². The maximum atomic E-state index is 13.4. The van der Waals surface area contributed by atoms with E-state index >= 15 is 0 Å². The van der Waals surface area contributed by atoms with Gasteiger partial charge in [0.2, 0.25) is 0 Å². The van der Waals surface area contributed by atoms with Crippen LogP contribution in [0, 0.1) is 0 Å². The molecule has 2 N–H and O–H groups in total. The number of hydrogen-bond donors (Lipinski definition) is 2. The first-order valence-corrected chi connectivity index (χ1v) is 12.2. The van der Waals surface area contributed by atoms with E-state index in [1.807, 2.05) is 54.6 Å². The van der Waals surface area contributed by atoms with Crippen LogP contribution in [0.3, 0.4) is 0 Å². The number of rotatable bonds is 5. The number of benzene rings is 4. The molecule has 0 radical (unpaired) electrons. The fourth-order valence-corrected chi connectivity index (χ4v) is 5.79. The largest absolute Gasteiger partial charge is 0.506 e. The third-order valence-corrected chi connectivity index (χ3v) is 7.52. The quantitative estimate of drug-likeness (QED) is 0.314. The molecule has 0 spiro atoms. The van der Waals surface area contributed by atoms with Crippen molar-refractivity contribution in [3.63, 3.8) is 0 Å². The molecule has 158 valence electrons. The summed E-state index contributed by atoms with van der Waals surface area (Å²) in [5, 5.41) is 12.8. The fourth-order valence-electron chi connectivity index (χ4n) is 3.60. The fraction of sp³-hybridized carbons (Fsp3) is 0. The van der Waals surface area contributed by atoms with Crippen molar-refractivity contribution in [2.45, 2.75) is 14.7 Å². The third kappa shape index (κ3) is 3.77. The van der Waals surface area contributed by atoms with Crippen molar-refractivity contribution in [1.29, 1.82) is 0 Å². The Bertz CT molecular complexity index is 1550. The van der Waals surface area contributed by atoms with Crippen molar-refractivity contribution < 1.29 is 13.5 Å². The van der Waals surface area contributed by atoms with E-state index in [-0.39, 0.29) is 10.6 Å². The zero-order valence-corrected chi connectivity index (χ0v) is 18.4. The zero-order valence-electron chi connectivity index (χ0n) is 16.8. The van der Waals surface area contributed by atoms with Crippen LogP contribution in [0.4, 0.5) is 5.69 Å². The molecule has 0 fully saturated rings. The van der Waals surface area contributed by atoms with Crippen LogP contribution in [-0.4, -0.2) is 18.5 Å². The van der Waals surface area contributed by atoms with Crippen LogP contribution >= 0.6 is 11.8 Å². The number of phenols is 1. The summed E-state index contributed by atoms with van der Waals surface area (Å²) < 4.78 is 29.5. The number of fused-ring (bicyclic) bond motifs is 2.